The van der Waals surface area contributed by atoms with E-state index in [-0.39, 0.29) is 5.91 Å². The third-order valence-corrected chi connectivity index (χ3v) is 4.80. The first-order chi connectivity index (χ1) is 11.1. The molecule has 1 aliphatic rings. The lowest BCUT2D eigenvalue weighted by Gasteiger charge is -2.31. The van der Waals surface area contributed by atoms with Gasteiger partial charge >= 0.3 is 0 Å². The molecule has 1 saturated heterocycles. The van der Waals surface area contributed by atoms with E-state index in [9.17, 15) is 4.79 Å². The number of likely N-dealkylation sites (tertiary alicyclic amines) is 1. The van der Waals surface area contributed by atoms with Crippen molar-refractivity contribution in [1.82, 2.24) is 19.9 Å². The quantitative estimate of drug-likeness (QED) is 0.864. The van der Waals surface area contributed by atoms with Crippen molar-refractivity contribution in [2.24, 2.45) is 5.73 Å². The fraction of sp³-hybridized carbons (Fsp3) is 0.467. The van der Waals surface area contributed by atoms with Gasteiger partial charge in [-0.2, -0.15) is 0 Å². The summed E-state index contributed by atoms with van der Waals surface area (Å²) in [4.78, 5) is 26.5. The Labute approximate surface area is 139 Å². The van der Waals surface area contributed by atoms with Gasteiger partial charge in [0, 0.05) is 23.7 Å². The van der Waals surface area contributed by atoms with Gasteiger partial charge in [0.05, 0.1) is 17.9 Å². The molecular weight excluding hydrogens is 312 g/mol. The predicted octanol–water partition coefficient (Wildman–Crippen LogP) is 1.65. The standard InChI is InChI=1S/C15H20N6OS/c1-10-9-23-15(19-10)20-14-13(17-4-5-18-14)11-2-6-21(7-3-11)8-12(16)22/h4-5,9,11H,2-3,6-8H2,1H3,(H2,16,22)(H,18,19,20). The van der Waals surface area contributed by atoms with Gasteiger partial charge in [0.2, 0.25) is 5.91 Å². The van der Waals surface area contributed by atoms with E-state index in [2.05, 4.69) is 25.2 Å². The maximum absolute atomic E-state index is 11.0. The number of piperidine rings is 1. The summed E-state index contributed by atoms with van der Waals surface area (Å²) in [6.07, 6.45) is 5.30. The van der Waals surface area contributed by atoms with E-state index in [1.807, 2.05) is 12.3 Å². The number of nitrogens with zero attached hydrogens (tertiary/aromatic N) is 4. The third kappa shape index (κ3) is 4.02. The van der Waals surface area contributed by atoms with Gasteiger partial charge in [0.15, 0.2) is 10.9 Å². The average molecular weight is 332 g/mol. The molecule has 0 aliphatic carbocycles. The summed E-state index contributed by atoms with van der Waals surface area (Å²) in [5.41, 5.74) is 7.22. The van der Waals surface area contributed by atoms with Crippen LogP contribution >= 0.6 is 11.3 Å². The Morgan fingerprint density at radius 1 is 1.39 bits per heavy atom. The number of hydrogen-bond acceptors (Lipinski definition) is 7. The van der Waals surface area contributed by atoms with Crippen LogP contribution < -0.4 is 11.1 Å². The number of rotatable bonds is 5. The highest BCUT2D eigenvalue weighted by Crippen LogP contribution is 2.31. The van der Waals surface area contributed by atoms with E-state index in [0.717, 1.165) is 48.3 Å². The van der Waals surface area contributed by atoms with Gasteiger partial charge in [-0.1, -0.05) is 0 Å². The average Bonchev–Trinajstić information content (AvgIpc) is 2.93. The molecule has 3 N–H and O–H groups in total. The number of nitrogens with two attached hydrogens (primary N) is 1. The van der Waals surface area contributed by atoms with E-state index < -0.39 is 0 Å². The number of nitrogens with one attached hydrogen (secondary N) is 1. The first-order valence-corrected chi connectivity index (χ1v) is 8.50. The number of thiazole rings is 1. The zero-order valence-corrected chi connectivity index (χ0v) is 13.8. The topological polar surface area (TPSA) is 97.0 Å². The summed E-state index contributed by atoms with van der Waals surface area (Å²) in [5, 5.41) is 6.11. The molecule has 3 heterocycles. The molecule has 2 aromatic rings. The van der Waals surface area contributed by atoms with Gasteiger partial charge < -0.3 is 11.1 Å². The van der Waals surface area contributed by atoms with Crippen LogP contribution in [0, 0.1) is 6.92 Å². The van der Waals surface area contributed by atoms with Crippen molar-refractivity contribution >= 4 is 28.2 Å². The third-order valence-electron chi connectivity index (χ3n) is 3.92. The lowest BCUT2D eigenvalue weighted by molar-refractivity contribution is -0.119. The molecule has 3 rings (SSSR count). The summed E-state index contributed by atoms with van der Waals surface area (Å²) in [5.74, 6) is 0.830. The molecule has 23 heavy (non-hydrogen) atoms. The van der Waals surface area contributed by atoms with E-state index >= 15 is 0 Å². The van der Waals surface area contributed by atoms with Crippen LogP contribution in [-0.4, -0.2) is 45.4 Å². The number of aromatic nitrogens is 3. The molecular formula is C15H20N6OS. The number of anilines is 2. The van der Waals surface area contributed by atoms with Crippen LogP contribution in [0.1, 0.15) is 30.1 Å². The monoisotopic (exact) mass is 332 g/mol. The summed E-state index contributed by atoms with van der Waals surface area (Å²) in [6.45, 7) is 3.99. The van der Waals surface area contributed by atoms with Crippen molar-refractivity contribution < 1.29 is 4.79 Å². The molecule has 0 radical (unpaired) electrons. The van der Waals surface area contributed by atoms with Crippen molar-refractivity contribution in [3.8, 4) is 0 Å². The maximum Gasteiger partial charge on any atom is 0.231 e. The molecule has 0 saturated carbocycles. The van der Waals surface area contributed by atoms with Crippen molar-refractivity contribution in [3.63, 3.8) is 0 Å². The van der Waals surface area contributed by atoms with Crippen molar-refractivity contribution in [2.45, 2.75) is 25.7 Å². The van der Waals surface area contributed by atoms with Gasteiger partial charge in [-0.05, 0) is 32.9 Å². The summed E-state index contributed by atoms with van der Waals surface area (Å²) >= 11 is 1.56. The normalized spacial score (nSPS) is 16.4. The molecule has 0 aromatic carbocycles. The first kappa shape index (κ1) is 15.8. The van der Waals surface area contributed by atoms with E-state index in [0.29, 0.717) is 12.5 Å². The van der Waals surface area contributed by atoms with E-state index in [4.69, 9.17) is 5.73 Å². The highest BCUT2D eigenvalue weighted by molar-refractivity contribution is 7.13. The summed E-state index contributed by atoms with van der Waals surface area (Å²) < 4.78 is 0. The van der Waals surface area contributed by atoms with E-state index in [1.165, 1.54) is 0 Å². The second kappa shape index (κ2) is 7.01. The number of aryl methyl sites for hydroxylation is 1. The lowest BCUT2D eigenvalue weighted by atomic mass is 9.93. The van der Waals surface area contributed by atoms with Crippen molar-refractivity contribution in [3.05, 3.63) is 29.2 Å². The van der Waals surface area contributed by atoms with Gasteiger partial charge in [0.1, 0.15) is 0 Å². The van der Waals surface area contributed by atoms with Crippen molar-refractivity contribution in [1.29, 1.82) is 0 Å². The second-order valence-corrected chi connectivity index (χ2v) is 6.58. The van der Waals surface area contributed by atoms with Crippen LogP contribution in [0.4, 0.5) is 10.9 Å². The molecule has 7 nitrogen and oxygen atoms in total. The zero-order chi connectivity index (χ0) is 16.2. The van der Waals surface area contributed by atoms with Crippen LogP contribution in [-0.2, 0) is 4.79 Å². The van der Waals surface area contributed by atoms with Crippen LogP contribution in [0.3, 0.4) is 0 Å². The Morgan fingerprint density at radius 3 is 2.78 bits per heavy atom. The maximum atomic E-state index is 11.0. The van der Waals surface area contributed by atoms with Crippen molar-refractivity contribution in [2.75, 3.05) is 25.0 Å². The summed E-state index contributed by atoms with van der Waals surface area (Å²) in [6, 6.07) is 0. The van der Waals surface area contributed by atoms with Gasteiger partial charge in [-0.3, -0.25) is 14.7 Å². The molecule has 1 aliphatic heterocycles. The predicted molar refractivity (Wildman–Crippen MR) is 89.8 cm³/mol. The Morgan fingerprint density at radius 2 is 2.13 bits per heavy atom. The zero-order valence-electron chi connectivity index (χ0n) is 13.0. The molecule has 0 unspecified atom stereocenters. The number of carbonyl (C=O) groups excluding carboxylic acids is 1. The minimum Gasteiger partial charge on any atom is -0.369 e. The minimum absolute atomic E-state index is 0.274. The smallest absolute Gasteiger partial charge is 0.231 e. The number of primary amides is 1. The number of amides is 1. The van der Waals surface area contributed by atoms with Crippen LogP contribution in [0.25, 0.3) is 0 Å². The fourth-order valence-corrected chi connectivity index (χ4v) is 3.53. The molecule has 0 atom stereocenters. The Kier molecular flexibility index (Phi) is 4.82. The second-order valence-electron chi connectivity index (χ2n) is 5.73. The number of hydrogen-bond donors (Lipinski definition) is 2. The minimum atomic E-state index is -0.274. The Hall–Kier alpha value is -2.06. The van der Waals surface area contributed by atoms with Gasteiger partial charge in [-0.25, -0.2) is 9.97 Å². The molecule has 0 bridgehead atoms. The largest absolute Gasteiger partial charge is 0.369 e. The van der Waals surface area contributed by atoms with Crippen LogP contribution in [0.15, 0.2) is 17.8 Å². The first-order valence-electron chi connectivity index (χ1n) is 7.62. The Bertz CT molecular complexity index is 680. The van der Waals surface area contributed by atoms with Crippen LogP contribution in [0.5, 0.6) is 0 Å². The molecule has 8 heteroatoms. The fourth-order valence-electron chi connectivity index (χ4n) is 2.84. The van der Waals surface area contributed by atoms with E-state index in [1.54, 1.807) is 23.7 Å². The van der Waals surface area contributed by atoms with Gasteiger partial charge in [-0.15, -0.1) is 11.3 Å². The highest BCUT2D eigenvalue weighted by Gasteiger charge is 2.25. The number of carbonyl (C=O) groups is 1. The molecule has 0 spiro atoms. The lowest BCUT2D eigenvalue weighted by Crippen LogP contribution is -2.39. The molecule has 2 aromatic heterocycles. The highest BCUT2D eigenvalue weighted by atomic mass is 32.1. The van der Waals surface area contributed by atoms with Gasteiger partial charge in [0.25, 0.3) is 0 Å². The summed E-state index contributed by atoms with van der Waals surface area (Å²) in [7, 11) is 0. The SMILES string of the molecule is Cc1csc(Nc2nccnc2C2CCN(CC(N)=O)CC2)n1. The molecule has 1 amide bonds. The Balaban J connectivity index is 1.70. The molecule has 122 valence electrons. The molecule has 1 fully saturated rings. The van der Waals surface area contributed by atoms with Crippen LogP contribution in [0.2, 0.25) is 0 Å².